The average molecular weight is 257 g/mol. The van der Waals surface area contributed by atoms with Gasteiger partial charge in [-0.25, -0.2) is 0 Å². The summed E-state index contributed by atoms with van der Waals surface area (Å²) in [5, 5.41) is 8.48. The number of alkyl halides is 1. The normalized spacial score (nSPS) is 10.7. The molecule has 3 nitrogen and oxygen atoms in total. The van der Waals surface area contributed by atoms with E-state index in [2.05, 4.69) is 10.2 Å². The molecule has 0 amide bonds. The van der Waals surface area contributed by atoms with E-state index in [1.807, 2.05) is 25.1 Å². The van der Waals surface area contributed by atoms with E-state index in [0.29, 0.717) is 29.1 Å². The molecule has 1 heterocycles. The van der Waals surface area contributed by atoms with Gasteiger partial charge in [0, 0.05) is 12.3 Å². The number of hydrogen-bond donors (Lipinski definition) is 0. The lowest BCUT2D eigenvalue weighted by Gasteiger charge is -2.01. The van der Waals surface area contributed by atoms with Crippen LogP contribution in [0.5, 0.6) is 0 Å². The lowest BCUT2D eigenvalue weighted by molar-refractivity contribution is 0.513. The minimum Gasteiger partial charge on any atom is -0.421 e. The summed E-state index contributed by atoms with van der Waals surface area (Å²) in [6, 6.07) is 5.69. The first-order valence-electron chi connectivity index (χ1n) is 4.86. The van der Waals surface area contributed by atoms with E-state index in [-0.39, 0.29) is 0 Å². The van der Waals surface area contributed by atoms with Crippen LogP contribution in [0.2, 0.25) is 5.02 Å². The largest absolute Gasteiger partial charge is 0.421 e. The maximum Gasteiger partial charge on any atom is 0.249 e. The van der Waals surface area contributed by atoms with Crippen LogP contribution >= 0.6 is 23.2 Å². The minimum atomic E-state index is 0.439. The number of benzene rings is 1. The average Bonchev–Trinajstić information content (AvgIpc) is 2.71. The predicted octanol–water partition coefficient (Wildman–Crippen LogP) is 3.48. The zero-order valence-electron chi connectivity index (χ0n) is 8.70. The summed E-state index contributed by atoms with van der Waals surface area (Å²) in [7, 11) is 0. The first-order valence-corrected chi connectivity index (χ1v) is 5.77. The molecule has 84 valence electrons. The van der Waals surface area contributed by atoms with E-state index in [4.69, 9.17) is 27.6 Å². The number of aromatic nitrogens is 2. The van der Waals surface area contributed by atoms with Crippen molar-refractivity contribution in [2.45, 2.75) is 13.3 Å². The Morgan fingerprint density at radius 3 is 2.88 bits per heavy atom. The SMILES string of the molecule is Cc1cccc(-c2nnc(CCCl)o2)c1Cl. The summed E-state index contributed by atoms with van der Waals surface area (Å²) in [5.74, 6) is 1.43. The molecule has 0 saturated heterocycles. The predicted molar refractivity (Wildman–Crippen MR) is 63.9 cm³/mol. The molecule has 1 aromatic heterocycles. The van der Waals surface area contributed by atoms with E-state index < -0.39 is 0 Å². The van der Waals surface area contributed by atoms with Crippen molar-refractivity contribution in [3.8, 4) is 11.5 Å². The van der Waals surface area contributed by atoms with Crippen LogP contribution in [0.25, 0.3) is 11.5 Å². The summed E-state index contributed by atoms with van der Waals surface area (Å²) in [5.41, 5.74) is 1.74. The molecule has 0 spiro atoms. The first kappa shape index (κ1) is 11.4. The lowest BCUT2D eigenvalue weighted by atomic mass is 10.1. The first-order chi connectivity index (χ1) is 7.72. The van der Waals surface area contributed by atoms with Crippen molar-refractivity contribution >= 4 is 23.2 Å². The molecular formula is C11H10Cl2N2O. The number of rotatable bonds is 3. The van der Waals surface area contributed by atoms with Gasteiger partial charge in [0.25, 0.3) is 0 Å². The fourth-order valence-electron chi connectivity index (χ4n) is 1.36. The van der Waals surface area contributed by atoms with Gasteiger partial charge in [0.1, 0.15) is 0 Å². The molecule has 0 atom stereocenters. The van der Waals surface area contributed by atoms with Crippen LogP contribution in [0.15, 0.2) is 22.6 Å². The van der Waals surface area contributed by atoms with E-state index in [1.165, 1.54) is 0 Å². The van der Waals surface area contributed by atoms with E-state index in [1.54, 1.807) is 0 Å². The molecule has 0 N–H and O–H groups in total. The van der Waals surface area contributed by atoms with Crippen LogP contribution in [0.3, 0.4) is 0 Å². The molecule has 0 unspecified atom stereocenters. The van der Waals surface area contributed by atoms with Gasteiger partial charge in [0.15, 0.2) is 0 Å². The zero-order valence-corrected chi connectivity index (χ0v) is 10.2. The van der Waals surface area contributed by atoms with Crippen molar-refractivity contribution < 1.29 is 4.42 Å². The second-order valence-electron chi connectivity index (χ2n) is 3.38. The van der Waals surface area contributed by atoms with Crippen LogP contribution in [-0.4, -0.2) is 16.1 Å². The van der Waals surface area contributed by atoms with Crippen LogP contribution in [0.4, 0.5) is 0 Å². The smallest absolute Gasteiger partial charge is 0.249 e. The monoisotopic (exact) mass is 256 g/mol. The van der Waals surface area contributed by atoms with Crippen molar-refractivity contribution in [2.75, 3.05) is 5.88 Å². The molecule has 0 aliphatic heterocycles. The molecule has 0 saturated carbocycles. The van der Waals surface area contributed by atoms with Gasteiger partial charge in [-0.3, -0.25) is 0 Å². The summed E-state index contributed by atoms with van der Waals surface area (Å²) < 4.78 is 5.45. The number of halogens is 2. The summed E-state index contributed by atoms with van der Waals surface area (Å²) in [6.45, 7) is 1.93. The molecule has 1 aromatic carbocycles. The zero-order chi connectivity index (χ0) is 11.5. The van der Waals surface area contributed by atoms with Gasteiger partial charge in [-0.05, 0) is 18.6 Å². The van der Waals surface area contributed by atoms with E-state index >= 15 is 0 Å². The molecule has 2 aromatic rings. The van der Waals surface area contributed by atoms with Gasteiger partial charge in [0.05, 0.1) is 10.6 Å². The summed E-state index contributed by atoms with van der Waals surface area (Å²) in [6.07, 6.45) is 0.567. The van der Waals surface area contributed by atoms with Crippen LogP contribution < -0.4 is 0 Å². The molecule has 16 heavy (non-hydrogen) atoms. The molecule has 2 rings (SSSR count). The third-order valence-corrected chi connectivity index (χ3v) is 2.89. The molecule has 0 aliphatic rings. The number of hydrogen-bond acceptors (Lipinski definition) is 3. The van der Waals surface area contributed by atoms with Crippen LogP contribution in [-0.2, 0) is 6.42 Å². The third kappa shape index (κ3) is 2.20. The Bertz CT molecular complexity index is 496. The highest BCUT2D eigenvalue weighted by Gasteiger charge is 2.12. The summed E-state index contributed by atoms with van der Waals surface area (Å²) in [4.78, 5) is 0. The molecule has 0 radical (unpaired) electrons. The third-order valence-electron chi connectivity index (χ3n) is 2.20. The van der Waals surface area contributed by atoms with Crippen LogP contribution in [0.1, 0.15) is 11.5 Å². The maximum atomic E-state index is 6.16. The highest BCUT2D eigenvalue weighted by atomic mass is 35.5. The molecule has 0 bridgehead atoms. The Labute approximate surface area is 103 Å². The second-order valence-corrected chi connectivity index (χ2v) is 4.13. The standard InChI is InChI=1S/C11H10Cl2N2O/c1-7-3-2-4-8(10(7)13)11-15-14-9(16-11)5-6-12/h2-4H,5-6H2,1H3. The number of aryl methyl sites for hydroxylation is 2. The molecule has 0 aliphatic carbocycles. The fraction of sp³-hybridized carbons (Fsp3) is 0.273. The van der Waals surface area contributed by atoms with Crippen molar-refractivity contribution in [1.29, 1.82) is 0 Å². The van der Waals surface area contributed by atoms with Gasteiger partial charge in [0.2, 0.25) is 11.8 Å². The van der Waals surface area contributed by atoms with Gasteiger partial charge in [-0.15, -0.1) is 21.8 Å². The van der Waals surface area contributed by atoms with E-state index in [0.717, 1.165) is 11.1 Å². The highest BCUT2D eigenvalue weighted by Crippen LogP contribution is 2.29. The van der Waals surface area contributed by atoms with Gasteiger partial charge >= 0.3 is 0 Å². The van der Waals surface area contributed by atoms with Crippen molar-refractivity contribution in [1.82, 2.24) is 10.2 Å². The Kier molecular flexibility index (Phi) is 3.46. The molecular weight excluding hydrogens is 247 g/mol. The van der Waals surface area contributed by atoms with E-state index in [9.17, 15) is 0 Å². The highest BCUT2D eigenvalue weighted by molar-refractivity contribution is 6.33. The van der Waals surface area contributed by atoms with Crippen LogP contribution in [0, 0.1) is 6.92 Å². The lowest BCUT2D eigenvalue weighted by Crippen LogP contribution is -1.84. The Hall–Kier alpha value is -1.06. The Balaban J connectivity index is 2.39. The topological polar surface area (TPSA) is 38.9 Å². The molecule has 5 heteroatoms. The Morgan fingerprint density at radius 2 is 2.12 bits per heavy atom. The van der Waals surface area contributed by atoms with Crippen molar-refractivity contribution in [2.24, 2.45) is 0 Å². The van der Waals surface area contributed by atoms with Crippen molar-refractivity contribution in [3.63, 3.8) is 0 Å². The van der Waals surface area contributed by atoms with Gasteiger partial charge in [-0.1, -0.05) is 23.7 Å². The summed E-state index contributed by atoms with van der Waals surface area (Å²) >= 11 is 11.8. The second kappa shape index (κ2) is 4.85. The fourth-order valence-corrected chi connectivity index (χ4v) is 1.73. The molecule has 0 fully saturated rings. The van der Waals surface area contributed by atoms with Crippen molar-refractivity contribution in [3.05, 3.63) is 34.7 Å². The maximum absolute atomic E-state index is 6.16. The number of nitrogens with zero attached hydrogens (tertiary/aromatic N) is 2. The quantitative estimate of drug-likeness (QED) is 0.790. The van der Waals surface area contributed by atoms with Gasteiger partial charge < -0.3 is 4.42 Å². The Morgan fingerprint density at radius 1 is 1.31 bits per heavy atom. The van der Waals surface area contributed by atoms with Gasteiger partial charge in [-0.2, -0.15) is 0 Å². The minimum absolute atomic E-state index is 0.439.